The van der Waals surface area contributed by atoms with Gasteiger partial charge in [-0.05, 0) is 6.42 Å². The number of anilines is 2. The van der Waals surface area contributed by atoms with Crippen LogP contribution in [0, 0.1) is 0 Å². The van der Waals surface area contributed by atoms with Crippen molar-refractivity contribution in [1.29, 1.82) is 0 Å². The van der Waals surface area contributed by atoms with E-state index in [1.54, 1.807) is 6.08 Å². The number of hydrogen-bond donors (Lipinski definition) is 1. The smallest absolute Gasteiger partial charge is 0.225 e. The Labute approximate surface area is 148 Å². The highest BCUT2D eigenvalue weighted by Crippen LogP contribution is 2.26. The number of aromatic nitrogens is 2. The van der Waals surface area contributed by atoms with Crippen molar-refractivity contribution in [1.82, 2.24) is 9.97 Å². The van der Waals surface area contributed by atoms with Crippen molar-refractivity contribution in [3.63, 3.8) is 0 Å². The number of rotatable bonds is 6. The molecule has 1 aromatic heterocycles. The van der Waals surface area contributed by atoms with E-state index in [4.69, 9.17) is 0 Å². The van der Waals surface area contributed by atoms with E-state index in [1.807, 2.05) is 48.3 Å². The van der Waals surface area contributed by atoms with Gasteiger partial charge in [0.15, 0.2) is 9.84 Å². The van der Waals surface area contributed by atoms with Gasteiger partial charge in [0.1, 0.15) is 5.82 Å². The minimum absolute atomic E-state index is 0.0595. The van der Waals surface area contributed by atoms with Gasteiger partial charge in [0.25, 0.3) is 0 Å². The molecule has 1 N–H and O–H groups in total. The largest absolute Gasteiger partial charge is 0.355 e. The van der Waals surface area contributed by atoms with Crippen LogP contribution in [0.5, 0.6) is 0 Å². The molecule has 1 fully saturated rings. The summed E-state index contributed by atoms with van der Waals surface area (Å²) in [6, 6.07) is 11.7. The van der Waals surface area contributed by atoms with E-state index in [2.05, 4.69) is 21.9 Å². The predicted octanol–water partition coefficient (Wildman–Crippen LogP) is 2.36. The highest BCUT2D eigenvalue weighted by Gasteiger charge is 2.31. The molecule has 3 rings (SSSR count). The zero-order valence-corrected chi connectivity index (χ0v) is 15.0. The zero-order valence-electron chi connectivity index (χ0n) is 14.2. The molecule has 1 atom stereocenters. The summed E-state index contributed by atoms with van der Waals surface area (Å²) in [5.74, 6) is 1.62. The second kappa shape index (κ2) is 7.23. The maximum atomic E-state index is 11.8. The second-order valence-corrected chi connectivity index (χ2v) is 8.37. The third-order valence-corrected chi connectivity index (χ3v) is 6.05. The fourth-order valence-electron chi connectivity index (χ4n) is 2.88. The van der Waals surface area contributed by atoms with Crippen LogP contribution in [0.4, 0.5) is 11.8 Å². The standard InChI is InChI=1S/C18H22N4O2S/c1-3-10-19-18-20-16(14-7-5-4-6-8-14)12-17(21-18)22(2)15-9-11-25(23,24)13-15/h3-8,12,15H,1,9-11,13H2,2H3,(H,19,20,21). The lowest BCUT2D eigenvalue weighted by Crippen LogP contribution is -2.33. The Hall–Kier alpha value is -2.41. The van der Waals surface area contributed by atoms with Crippen molar-refractivity contribution in [2.24, 2.45) is 0 Å². The molecule has 0 bridgehead atoms. The molecule has 0 amide bonds. The second-order valence-electron chi connectivity index (χ2n) is 6.14. The molecule has 7 heteroatoms. The molecule has 0 radical (unpaired) electrons. The number of sulfone groups is 1. The van der Waals surface area contributed by atoms with E-state index in [-0.39, 0.29) is 17.5 Å². The molecule has 1 aliphatic rings. The molecule has 1 aromatic carbocycles. The predicted molar refractivity (Wildman–Crippen MR) is 102 cm³/mol. The molecule has 132 valence electrons. The van der Waals surface area contributed by atoms with Crippen LogP contribution in [0.3, 0.4) is 0 Å². The Morgan fingerprint density at radius 2 is 2.08 bits per heavy atom. The molecule has 2 aromatic rings. The van der Waals surface area contributed by atoms with Gasteiger partial charge in [-0.1, -0.05) is 36.4 Å². The van der Waals surface area contributed by atoms with Gasteiger partial charge < -0.3 is 10.2 Å². The fraction of sp³-hybridized carbons (Fsp3) is 0.333. The Kier molecular flexibility index (Phi) is 5.03. The van der Waals surface area contributed by atoms with Gasteiger partial charge in [-0.15, -0.1) is 6.58 Å². The molecule has 1 unspecified atom stereocenters. The minimum Gasteiger partial charge on any atom is -0.355 e. The monoisotopic (exact) mass is 358 g/mol. The lowest BCUT2D eigenvalue weighted by atomic mass is 10.1. The van der Waals surface area contributed by atoms with E-state index in [0.717, 1.165) is 11.3 Å². The lowest BCUT2D eigenvalue weighted by molar-refractivity contribution is 0.600. The summed E-state index contributed by atoms with van der Waals surface area (Å²) in [5, 5.41) is 3.12. The summed E-state index contributed by atoms with van der Waals surface area (Å²) < 4.78 is 23.6. The third-order valence-electron chi connectivity index (χ3n) is 4.30. The van der Waals surface area contributed by atoms with Crippen molar-refractivity contribution in [2.75, 3.05) is 35.3 Å². The van der Waals surface area contributed by atoms with Gasteiger partial charge in [-0.3, -0.25) is 0 Å². The molecule has 2 heterocycles. The maximum absolute atomic E-state index is 11.8. The number of nitrogens with zero attached hydrogens (tertiary/aromatic N) is 3. The first-order valence-corrected chi connectivity index (χ1v) is 10.0. The first kappa shape index (κ1) is 17.4. The number of hydrogen-bond acceptors (Lipinski definition) is 6. The van der Waals surface area contributed by atoms with Crippen LogP contribution >= 0.6 is 0 Å². The lowest BCUT2D eigenvalue weighted by Gasteiger charge is -2.25. The van der Waals surface area contributed by atoms with Crippen molar-refractivity contribution in [3.05, 3.63) is 49.1 Å². The highest BCUT2D eigenvalue weighted by molar-refractivity contribution is 7.91. The highest BCUT2D eigenvalue weighted by atomic mass is 32.2. The summed E-state index contributed by atoms with van der Waals surface area (Å²) in [7, 11) is -1.06. The van der Waals surface area contributed by atoms with Crippen LogP contribution in [-0.4, -0.2) is 49.5 Å². The van der Waals surface area contributed by atoms with Gasteiger partial charge in [-0.2, -0.15) is 4.98 Å². The Balaban J connectivity index is 1.95. The van der Waals surface area contributed by atoms with Gasteiger partial charge in [0, 0.05) is 31.3 Å². The van der Waals surface area contributed by atoms with Crippen LogP contribution in [0.1, 0.15) is 6.42 Å². The summed E-state index contributed by atoms with van der Waals surface area (Å²) in [6.07, 6.45) is 2.37. The number of benzene rings is 1. The first-order chi connectivity index (χ1) is 12.0. The molecule has 0 spiro atoms. The number of nitrogens with one attached hydrogen (secondary N) is 1. The molecule has 0 aliphatic carbocycles. The molecule has 1 aliphatic heterocycles. The van der Waals surface area contributed by atoms with Crippen LogP contribution in [-0.2, 0) is 9.84 Å². The van der Waals surface area contributed by atoms with E-state index < -0.39 is 9.84 Å². The van der Waals surface area contributed by atoms with Crippen LogP contribution in [0.25, 0.3) is 11.3 Å². The van der Waals surface area contributed by atoms with Crippen LogP contribution in [0.2, 0.25) is 0 Å². The van der Waals surface area contributed by atoms with Crippen LogP contribution < -0.4 is 10.2 Å². The Morgan fingerprint density at radius 3 is 2.72 bits per heavy atom. The van der Waals surface area contributed by atoms with Crippen molar-refractivity contribution < 1.29 is 8.42 Å². The summed E-state index contributed by atoms with van der Waals surface area (Å²) in [6.45, 7) is 4.25. The Morgan fingerprint density at radius 1 is 1.32 bits per heavy atom. The molecule has 25 heavy (non-hydrogen) atoms. The van der Waals surface area contributed by atoms with Crippen molar-refractivity contribution >= 4 is 21.6 Å². The normalized spacial score (nSPS) is 18.7. The summed E-state index contributed by atoms with van der Waals surface area (Å²) >= 11 is 0. The summed E-state index contributed by atoms with van der Waals surface area (Å²) in [4.78, 5) is 11.1. The minimum atomic E-state index is -2.95. The van der Waals surface area contributed by atoms with E-state index >= 15 is 0 Å². The van der Waals surface area contributed by atoms with Gasteiger partial charge in [-0.25, -0.2) is 13.4 Å². The topological polar surface area (TPSA) is 75.2 Å². The molecule has 1 saturated heterocycles. The van der Waals surface area contributed by atoms with Gasteiger partial charge >= 0.3 is 0 Å². The maximum Gasteiger partial charge on any atom is 0.225 e. The zero-order chi connectivity index (χ0) is 17.9. The van der Waals surface area contributed by atoms with Gasteiger partial charge in [0.05, 0.1) is 17.2 Å². The third kappa shape index (κ3) is 4.17. The van der Waals surface area contributed by atoms with E-state index in [9.17, 15) is 8.42 Å². The molecule has 6 nitrogen and oxygen atoms in total. The van der Waals surface area contributed by atoms with E-state index in [0.29, 0.717) is 24.7 Å². The average Bonchev–Trinajstić information content (AvgIpc) is 2.99. The average molecular weight is 358 g/mol. The summed E-state index contributed by atoms with van der Waals surface area (Å²) in [5.41, 5.74) is 1.78. The van der Waals surface area contributed by atoms with Crippen molar-refractivity contribution in [3.8, 4) is 11.3 Å². The first-order valence-electron chi connectivity index (χ1n) is 8.21. The SMILES string of the molecule is C=CCNc1nc(-c2ccccc2)cc(N(C)C2CCS(=O)(=O)C2)n1. The quantitative estimate of drug-likeness (QED) is 0.799. The fourth-order valence-corrected chi connectivity index (χ4v) is 4.66. The molecule has 0 saturated carbocycles. The molecular formula is C18H22N4O2S. The van der Waals surface area contributed by atoms with Crippen LogP contribution in [0.15, 0.2) is 49.1 Å². The Bertz CT molecular complexity index is 853. The van der Waals surface area contributed by atoms with Gasteiger partial charge in [0.2, 0.25) is 5.95 Å². The molecular weight excluding hydrogens is 336 g/mol. The van der Waals surface area contributed by atoms with E-state index in [1.165, 1.54) is 0 Å². The van der Waals surface area contributed by atoms with Crippen molar-refractivity contribution in [2.45, 2.75) is 12.5 Å².